The van der Waals surface area contributed by atoms with Gasteiger partial charge in [-0.05, 0) is 55.0 Å². The highest BCUT2D eigenvalue weighted by Crippen LogP contribution is 2.30. The first-order valence-corrected chi connectivity index (χ1v) is 7.96. The summed E-state index contributed by atoms with van der Waals surface area (Å²) in [5, 5.41) is 11.1. The van der Waals surface area contributed by atoms with E-state index in [1.165, 1.54) is 12.3 Å². The summed E-state index contributed by atoms with van der Waals surface area (Å²) in [6, 6.07) is 8.69. The van der Waals surface area contributed by atoms with Crippen molar-refractivity contribution < 1.29 is 18.3 Å². The summed E-state index contributed by atoms with van der Waals surface area (Å²) in [6.07, 6.45) is -0.247. The molecular formula is C18H18F3N2O. The van der Waals surface area contributed by atoms with Crippen LogP contribution in [0.2, 0.25) is 0 Å². The van der Waals surface area contributed by atoms with E-state index in [1.807, 2.05) is 0 Å². The molecular weight excluding hydrogens is 317 g/mol. The quantitative estimate of drug-likeness (QED) is 0.815. The Kier molecular flexibility index (Phi) is 4.64. The summed E-state index contributed by atoms with van der Waals surface area (Å²) in [6.45, 7) is 1.69. The van der Waals surface area contributed by atoms with Crippen molar-refractivity contribution in [3.05, 3.63) is 53.7 Å². The molecule has 3 rings (SSSR count). The van der Waals surface area contributed by atoms with Crippen molar-refractivity contribution in [3.63, 3.8) is 0 Å². The Morgan fingerprint density at radius 1 is 1.04 bits per heavy atom. The molecule has 2 heterocycles. The maximum Gasteiger partial charge on any atom is 0.416 e. The van der Waals surface area contributed by atoms with Gasteiger partial charge in [0.2, 0.25) is 0 Å². The van der Waals surface area contributed by atoms with E-state index in [0.29, 0.717) is 5.92 Å². The minimum Gasteiger partial charge on any atom is -0.357 e. The second-order valence-electron chi connectivity index (χ2n) is 6.18. The molecule has 0 bridgehead atoms. The van der Waals surface area contributed by atoms with Crippen molar-refractivity contribution in [1.82, 2.24) is 4.98 Å². The van der Waals surface area contributed by atoms with Crippen LogP contribution in [0, 0.1) is 5.92 Å². The van der Waals surface area contributed by atoms with E-state index in [1.54, 1.807) is 18.2 Å². The van der Waals surface area contributed by atoms with E-state index in [4.69, 9.17) is 0 Å². The molecule has 1 saturated heterocycles. The van der Waals surface area contributed by atoms with E-state index in [2.05, 4.69) is 9.88 Å². The Labute approximate surface area is 138 Å². The highest BCUT2D eigenvalue weighted by Gasteiger charge is 2.30. The van der Waals surface area contributed by atoms with Gasteiger partial charge < -0.3 is 4.90 Å². The maximum absolute atomic E-state index is 12.6. The second kappa shape index (κ2) is 6.71. The van der Waals surface area contributed by atoms with E-state index in [0.717, 1.165) is 55.9 Å². The van der Waals surface area contributed by atoms with Gasteiger partial charge in [0.25, 0.3) is 0 Å². The van der Waals surface area contributed by atoms with Crippen molar-refractivity contribution in [3.8, 4) is 5.75 Å². The molecule has 24 heavy (non-hydrogen) atoms. The SMILES string of the molecule is [O]c1ccc(N2CCC(Cc3ccc(C(F)(F)F)cc3)CC2)nc1. The summed E-state index contributed by atoms with van der Waals surface area (Å²) >= 11 is 0. The van der Waals surface area contributed by atoms with Crippen molar-refractivity contribution >= 4 is 5.82 Å². The van der Waals surface area contributed by atoms with Crippen LogP contribution in [-0.2, 0) is 17.7 Å². The van der Waals surface area contributed by atoms with Crippen LogP contribution in [0.4, 0.5) is 19.0 Å². The third kappa shape index (κ3) is 3.99. The molecule has 1 fully saturated rings. The number of pyridine rings is 1. The maximum atomic E-state index is 12.6. The molecule has 0 aliphatic carbocycles. The van der Waals surface area contributed by atoms with Gasteiger partial charge in [0, 0.05) is 13.1 Å². The fourth-order valence-corrected chi connectivity index (χ4v) is 3.09. The molecule has 1 radical (unpaired) electrons. The Balaban J connectivity index is 1.54. The second-order valence-corrected chi connectivity index (χ2v) is 6.18. The summed E-state index contributed by atoms with van der Waals surface area (Å²) in [5.74, 6) is 1.16. The lowest BCUT2D eigenvalue weighted by Gasteiger charge is -2.32. The van der Waals surface area contributed by atoms with Gasteiger partial charge in [0.1, 0.15) is 5.82 Å². The zero-order valence-corrected chi connectivity index (χ0v) is 13.1. The standard InChI is InChI=1S/C18H18F3N2O/c19-18(20,21)15-3-1-13(2-4-15)11-14-7-9-23(10-8-14)17-6-5-16(24)12-22-17/h1-6,12,14H,7-11H2. The van der Waals surface area contributed by atoms with Gasteiger partial charge in [0.15, 0.2) is 5.75 Å². The van der Waals surface area contributed by atoms with Crippen LogP contribution >= 0.6 is 0 Å². The van der Waals surface area contributed by atoms with Crippen molar-refractivity contribution in [2.45, 2.75) is 25.4 Å². The smallest absolute Gasteiger partial charge is 0.357 e. The topological polar surface area (TPSA) is 36.0 Å². The minimum absolute atomic E-state index is 0.101. The number of nitrogens with zero attached hydrogens (tertiary/aromatic N) is 2. The molecule has 127 valence electrons. The van der Waals surface area contributed by atoms with Crippen molar-refractivity contribution in [2.24, 2.45) is 5.92 Å². The van der Waals surface area contributed by atoms with Gasteiger partial charge in [0.05, 0.1) is 11.8 Å². The molecule has 0 N–H and O–H groups in total. The van der Waals surface area contributed by atoms with Gasteiger partial charge in [-0.25, -0.2) is 4.98 Å². The molecule has 6 heteroatoms. The van der Waals surface area contributed by atoms with Gasteiger partial charge in [-0.15, -0.1) is 0 Å². The van der Waals surface area contributed by atoms with Gasteiger partial charge >= 0.3 is 6.18 Å². The van der Waals surface area contributed by atoms with Crippen molar-refractivity contribution in [2.75, 3.05) is 18.0 Å². The fraction of sp³-hybridized carbons (Fsp3) is 0.389. The molecule has 2 aromatic rings. The van der Waals surface area contributed by atoms with E-state index in [9.17, 15) is 18.3 Å². The number of hydrogen-bond acceptors (Lipinski definition) is 2. The minimum atomic E-state index is -4.28. The number of anilines is 1. The molecule has 0 spiro atoms. The predicted octanol–water partition coefficient (Wildman–Crippen LogP) is 4.70. The third-order valence-electron chi connectivity index (χ3n) is 4.46. The van der Waals surface area contributed by atoms with Gasteiger partial charge in [-0.2, -0.15) is 13.2 Å². The summed E-state index contributed by atoms with van der Waals surface area (Å²) in [4.78, 5) is 6.29. The lowest BCUT2D eigenvalue weighted by Crippen LogP contribution is -2.34. The molecule has 0 atom stereocenters. The number of hydrogen-bond donors (Lipinski definition) is 0. The number of alkyl halides is 3. The van der Waals surface area contributed by atoms with Crippen LogP contribution in [0.25, 0.3) is 0 Å². The average Bonchev–Trinajstić information content (AvgIpc) is 2.56. The van der Waals surface area contributed by atoms with Gasteiger partial charge in [-0.1, -0.05) is 12.1 Å². The van der Waals surface area contributed by atoms with E-state index >= 15 is 0 Å². The zero-order valence-electron chi connectivity index (χ0n) is 13.1. The predicted molar refractivity (Wildman–Crippen MR) is 84.5 cm³/mol. The Hall–Kier alpha value is -2.24. The Bertz CT molecular complexity index is 660. The highest BCUT2D eigenvalue weighted by atomic mass is 19.4. The Morgan fingerprint density at radius 3 is 2.25 bits per heavy atom. The van der Waals surface area contributed by atoms with Crippen LogP contribution in [0.15, 0.2) is 42.6 Å². The molecule has 3 nitrogen and oxygen atoms in total. The van der Waals surface area contributed by atoms with Crippen LogP contribution in [0.1, 0.15) is 24.0 Å². The lowest BCUT2D eigenvalue weighted by molar-refractivity contribution is -0.137. The number of piperidine rings is 1. The first-order valence-electron chi connectivity index (χ1n) is 7.96. The van der Waals surface area contributed by atoms with Crippen LogP contribution in [0.3, 0.4) is 0 Å². The summed E-state index contributed by atoms with van der Waals surface area (Å²) in [7, 11) is 0. The molecule has 1 aliphatic rings. The monoisotopic (exact) mass is 335 g/mol. The Morgan fingerprint density at radius 2 is 1.71 bits per heavy atom. The van der Waals surface area contributed by atoms with Crippen LogP contribution < -0.4 is 4.90 Å². The molecule has 0 saturated carbocycles. The lowest BCUT2D eigenvalue weighted by atomic mass is 9.90. The zero-order chi connectivity index (χ0) is 17.2. The largest absolute Gasteiger partial charge is 0.416 e. The molecule has 1 aliphatic heterocycles. The summed E-state index contributed by atoms with van der Waals surface area (Å²) in [5.41, 5.74) is 0.337. The van der Waals surface area contributed by atoms with E-state index < -0.39 is 11.7 Å². The van der Waals surface area contributed by atoms with Crippen molar-refractivity contribution in [1.29, 1.82) is 0 Å². The average molecular weight is 335 g/mol. The van der Waals surface area contributed by atoms with Gasteiger partial charge in [-0.3, -0.25) is 5.11 Å². The highest BCUT2D eigenvalue weighted by molar-refractivity contribution is 5.40. The normalized spacial score (nSPS) is 16.4. The summed E-state index contributed by atoms with van der Waals surface area (Å²) < 4.78 is 37.7. The number of rotatable bonds is 3. The first kappa shape index (κ1) is 16.6. The first-order chi connectivity index (χ1) is 11.4. The number of benzene rings is 1. The van der Waals surface area contributed by atoms with Crippen LogP contribution in [-0.4, -0.2) is 18.1 Å². The molecule has 0 unspecified atom stereocenters. The third-order valence-corrected chi connectivity index (χ3v) is 4.46. The fourth-order valence-electron chi connectivity index (χ4n) is 3.09. The van der Waals surface area contributed by atoms with E-state index in [-0.39, 0.29) is 5.75 Å². The molecule has 1 aromatic heterocycles. The van der Waals surface area contributed by atoms with Crippen LogP contribution in [0.5, 0.6) is 5.75 Å². The number of halogens is 3. The molecule has 1 aromatic carbocycles. The molecule has 0 amide bonds. The number of aromatic nitrogens is 1.